The van der Waals surface area contributed by atoms with Crippen LogP contribution in [0.4, 0.5) is 0 Å². The molecule has 4 rings (SSSR count). The van der Waals surface area contributed by atoms with Gasteiger partial charge in [0.1, 0.15) is 0 Å². The number of hydrogen-bond acceptors (Lipinski definition) is 1. The maximum atomic E-state index is 7.55. The lowest BCUT2D eigenvalue weighted by Gasteiger charge is -2.53. The molecule has 2 aliphatic carbocycles. The van der Waals surface area contributed by atoms with E-state index in [9.17, 15) is 0 Å². The molecule has 0 heterocycles. The third kappa shape index (κ3) is 6.77. The minimum atomic E-state index is -0.285. The third-order valence-electron chi connectivity index (χ3n) is 9.74. The molecule has 2 saturated carbocycles. The van der Waals surface area contributed by atoms with Crippen LogP contribution in [0.5, 0.6) is 0 Å². The first-order chi connectivity index (χ1) is 17.5. The third-order valence-corrected chi connectivity index (χ3v) is 10.7. The van der Waals surface area contributed by atoms with Gasteiger partial charge in [-0.2, -0.15) is 0 Å². The smallest absolute Gasteiger partial charge is 0.0657 e. The average molecular weight is 544 g/mol. The van der Waals surface area contributed by atoms with Crippen LogP contribution in [-0.4, -0.2) is 22.0 Å². The molecule has 2 aliphatic rings. The summed E-state index contributed by atoms with van der Waals surface area (Å²) in [7, 11) is 0. The zero-order chi connectivity index (χ0) is 26.8. The van der Waals surface area contributed by atoms with Crippen LogP contribution in [0.15, 0.2) is 60.7 Å². The Morgan fingerprint density at radius 2 is 1.03 bits per heavy atom. The van der Waals surface area contributed by atoms with Crippen LogP contribution < -0.4 is 0 Å². The van der Waals surface area contributed by atoms with Crippen LogP contribution in [0.1, 0.15) is 78.4 Å². The minimum Gasteiger partial charge on any atom is -0.374 e. The molecule has 8 unspecified atom stereocenters. The van der Waals surface area contributed by atoms with Gasteiger partial charge in [0, 0.05) is 21.6 Å². The summed E-state index contributed by atoms with van der Waals surface area (Å²) in [5.41, 5.74) is 2.70. The monoisotopic (exact) mass is 542 g/mol. The molecule has 0 aromatic heterocycles. The molecule has 204 valence electrons. The summed E-state index contributed by atoms with van der Waals surface area (Å²) >= 11 is 14.8. The SMILES string of the molecule is CC(C)C1CCC(C)(Cl)C(Cc2ccccc2)C1OC1C(C(C)C)CCC(C)(Cl)C1Cc1ccccc1. The van der Waals surface area contributed by atoms with E-state index < -0.39 is 0 Å². The molecular formula is C34H48Cl2O. The van der Waals surface area contributed by atoms with E-state index in [1.165, 1.54) is 11.1 Å². The zero-order valence-electron chi connectivity index (χ0n) is 23.8. The van der Waals surface area contributed by atoms with Crippen molar-refractivity contribution in [3.05, 3.63) is 71.8 Å². The molecule has 0 bridgehead atoms. The van der Waals surface area contributed by atoms with Crippen molar-refractivity contribution < 1.29 is 4.74 Å². The summed E-state index contributed by atoms with van der Waals surface area (Å²) in [6.07, 6.45) is 6.45. The Morgan fingerprint density at radius 1 is 0.676 bits per heavy atom. The topological polar surface area (TPSA) is 9.23 Å². The van der Waals surface area contributed by atoms with Crippen molar-refractivity contribution in [3.63, 3.8) is 0 Å². The standard InChI is InChI=1S/C34H48Cl2O/c1-23(2)27-17-19-33(5,35)29(21-25-13-9-7-10-14-25)31(27)37-32-28(24(3)4)18-20-34(6,36)30(32)22-26-15-11-8-12-16-26/h7-16,23-24,27-32H,17-22H2,1-6H3. The molecule has 0 spiro atoms. The molecule has 0 amide bonds. The zero-order valence-corrected chi connectivity index (χ0v) is 25.3. The summed E-state index contributed by atoms with van der Waals surface area (Å²) in [5, 5.41) is 0. The maximum absolute atomic E-state index is 7.55. The molecule has 0 radical (unpaired) electrons. The Labute approximate surface area is 236 Å². The minimum absolute atomic E-state index is 0.117. The van der Waals surface area contributed by atoms with E-state index in [1.807, 2.05) is 0 Å². The van der Waals surface area contributed by atoms with Crippen molar-refractivity contribution in [2.45, 2.75) is 102 Å². The van der Waals surface area contributed by atoms with E-state index in [0.29, 0.717) is 23.7 Å². The summed E-state index contributed by atoms with van der Waals surface area (Å²) in [4.78, 5) is -0.569. The summed E-state index contributed by atoms with van der Waals surface area (Å²) in [6.45, 7) is 14.0. The van der Waals surface area contributed by atoms with Crippen LogP contribution in [0, 0.1) is 35.5 Å². The van der Waals surface area contributed by atoms with Crippen molar-refractivity contribution in [1.82, 2.24) is 0 Å². The highest BCUT2D eigenvalue weighted by Crippen LogP contribution is 2.51. The molecule has 0 N–H and O–H groups in total. The van der Waals surface area contributed by atoms with Crippen molar-refractivity contribution in [2.75, 3.05) is 0 Å². The van der Waals surface area contributed by atoms with E-state index in [-0.39, 0.29) is 33.8 Å². The number of rotatable bonds is 8. The summed E-state index contributed by atoms with van der Waals surface area (Å²) in [6, 6.07) is 21.7. The van der Waals surface area contributed by atoms with Crippen molar-refractivity contribution in [1.29, 1.82) is 0 Å². The molecule has 2 aromatic carbocycles. The number of benzene rings is 2. The fourth-order valence-electron chi connectivity index (χ4n) is 7.27. The van der Waals surface area contributed by atoms with E-state index in [0.717, 1.165) is 38.5 Å². The first kappa shape index (κ1) is 29.0. The van der Waals surface area contributed by atoms with Crippen molar-refractivity contribution in [2.24, 2.45) is 35.5 Å². The molecule has 0 aliphatic heterocycles. The van der Waals surface area contributed by atoms with Crippen LogP contribution in [0.3, 0.4) is 0 Å². The maximum Gasteiger partial charge on any atom is 0.0657 e. The van der Waals surface area contributed by atoms with Gasteiger partial charge in [-0.3, -0.25) is 0 Å². The number of alkyl halides is 2. The van der Waals surface area contributed by atoms with Gasteiger partial charge in [0.05, 0.1) is 12.2 Å². The highest BCUT2D eigenvalue weighted by atomic mass is 35.5. The summed E-state index contributed by atoms with van der Waals surface area (Å²) in [5.74, 6) is 2.60. The van der Waals surface area contributed by atoms with E-state index in [4.69, 9.17) is 27.9 Å². The van der Waals surface area contributed by atoms with E-state index >= 15 is 0 Å². The molecule has 1 nitrogen and oxygen atoms in total. The van der Waals surface area contributed by atoms with E-state index in [2.05, 4.69) is 102 Å². The molecule has 2 aromatic rings. The van der Waals surface area contributed by atoms with Crippen LogP contribution >= 0.6 is 23.2 Å². The van der Waals surface area contributed by atoms with Crippen LogP contribution in [0.2, 0.25) is 0 Å². The van der Waals surface area contributed by atoms with Gasteiger partial charge in [-0.05, 0) is 87.2 Å². The lowest BCUT2D eigenvalue weighted by molar-refractivity contribution is -0.164. The van der Waals surface area contributed by atoms with Gasteiger partial charge in [-0.1, -0.05) is 88.4 Å². The van der Waals surface area contributed by atoms with Gasteiger partial charge in [-0.25, -0.2) is 0 Å². The molecule has 0 saturated heterocycles. The predicted octanol–water partition coefficient (Wildman–Crippen LogP) is 9.58. The highest BCUT2D eigenvalue weighted by molar-refractivity contribution is 6.24. The lowest BCUT2D eigenvalue weighted by Crippen LogP contribution is -2.56. The summed E-state index contributed by atoms with van der Waals surface area (Å²) < 4.78 is 7.55. The molecular weight excluding hydrogens is 495 g/mol. The first-order valence-corrected chi connectivity index (χ1v) is 15.4. The molecule has 37 heavy (non-hydrogen) atoms. The van der Waals surface area contributed by atoms with Crippen molar-refractivity contribution in [3.8, 4) is 0 Å². The van der Waals surface area contributed by atoms with Gasteiger partial charge in [0.15, 0.2) is 0 Å². The molecule has 8 atom stereocenters. The van der Waals surface area contributed by atoms with E-state index in [1.54, 1.807) is 0 Å². The quantitative estimate of drug-likeness (QED) is 0.301. The van der Waals surface area contributed by atoms with Gasteiger partial charge >= 0.3 is 0 Å². The van der Waals surface area contributed by atoms with Crippen LogP contribution in [-0.2, 0) is 17.6 Å². The Bertz CT molecular complexity index is 888. The normalized spacial score (nSPS) is 36.7. The predicted molar refractivity (Wildman–Crippen MR) is 160 cm³/mol. The number of ether oxygens (including phenoxy) is 1. The Morgan fingerprint density at radius 3 is 1.35 bits per heavy atom. The lowest BCUT2D eigenvalue weighted by atomic mass is 9.64. The second-order valence-corrected chi connectivity index (χ2v) is 14.8. The Balaban J connectivity index is 1.73. The van der Waals surface area contributed by atoms with Gasteiger partial charge in [-0.15, -0.1) is 23.2 Å². The molecule has 3 heteroatoms. The fourth-order valence-corrected chi connectivity index (χ4v) is 7.89. The number of hydrogen-bond donors (Lipinski definition) is 0. The fraction of sp³-hybridized carbons (Fsp3) is 0.647. The first-order valence-electron chi connectivity index (χ1n) is 14.6. The average Bonchev–Trinajstić information content (AvgIpc) is 2.84. The van der Waals surface area contributed by atoms with Gasteiger partial charge in [0.2, 0.25) is 0 Å². The Hall–Kier alpha value is -1.02. The van der Waals surface area contributed by atoms with Crippen LogP contribution in [0.25, 0.3) is 0 Å². The van der Waals surface area contributed by atoms with Gasteiger partial charge in [0.25, 0.3) is 0 Å². The Kier molecular flexibility index (Phi) is 9.41. The second kappa shape index (κ2) is 12.0. The largest absolute Gasteiger partial charge is 0.374 e. The van der Waals surface area contributed by atoms with Crippen molar-refractivity contribution >= 4 is 23.2 Å². The molecule has 2 fully saturated rings. The highest BCUT2D eigenvalue weighted by Gasteiger charge is 2.52. The number of halogens is 2. The van der Waals surface area contributed by atoms with Gasteiger partial charge < -0.3 is 4.74 Å². The second-order valence-electron chi connectivity index (χ2n) is 13.1.